The van der Waals surface area contributed by atoms with Crippen molar-refractivity contribution < 1.29 is 13.9 Å². The predicted molar refractivity (Wildman–Crippen MR) is 79.5 cm³/mol. The van der Waals surface area contributed by atoms with Gasteiger partial charge in [0.25, 0.3) is 0 Å². The van der Waals surface area contributed by atoms with E-state index in [1.807, 2.05) is 0 Å². The molecule has 6 heteroatoms. The van der Waals surface area contributed by atoms with Crippen LogP contribution in [0.1, 0.15) is 18.9 Å². The number of rotatable bonds is 7. The van der Waals surface area contributed by atoms with E-state index < -0.39 is 6.04 Å². The third-order valence-electron chi connectivity index (χ3n) is 2.42. The Hall–Kier alpha value is -0.590. The molecule has 0 saturated heterocycles. The van der Waals surface area contributed by atoms with Crippen molar-refractivity contribution in [2.75, 3.05) is 12.4 Å². The maximum Gasteiger partial charge on any atom is 0.322 e. The van der Waals surface area contributed by atoms with Crippen LogP contribution >= 0.6 is 27.7 Å². The van der Waals surface area contributed by atoms with E-state index in [-0.39, 0.29) is 11.8 Å². The Labute approximate surface area is 125 Å². The van der Waals surface area contributed by atoms with Crippen LogP contribution in [-0.4, -0.2) is 24.4 Å². The van der Waals surface area contributed by atoms with Crippen LogP contribution < -0.4 is 5.73 Å². The molecule has 0 fully saturated rings. The fraction of sp³-hybridized carbons (Fsp3) is 0.462. The molecule has 0 radical (unpaired) electrons. The van der Waals surface area contributed by atoms with Gasteiger partial charge in [-0.1, -0.05) is 6.07 Å². The smallest absolute Gasteiger partial charge is 0.322 e. The SMILES string of the molecule is CCOC(=O)C(N)CCSCc1ccc(F)c(Br)c1. The molecule has 0 amide bonds. The minimum Gasteiger partial charge on any atom is -0.465 e. The fourth-order valence-corrected chi connectivity index (χ4v) is 2.80. The van der Waals surface area contributed by atoms with Gasteiger partial charge in [0.2, 0.25) is 0 Å². The first kappa shape index (κ1) is 16.5. The first-order valence-corrected chi connectivity index (χ1v) is 7.93. The van der Waals surface area contributed by atoms with Crippen LogP contribution in [0.15, 0.2) is 22.7 Å². The minimum absolute atomic E-state index is 0.266. The van der Waals surface area contributed by atoms with Gasteiger partial charge in [-0.25, -0.2) is 4.39 Å². The molecule has 3 nitrogen and oxygen atoms in total. The molecule has 1 aromatic carbocycles. The summed E-state index contributed by atoms with van der Waals surface area (Å²) in [4.78, 5) is 11.3. The number of halogens is 2. The average molecular weight is 350 g/mol. The Morgan fingerprint density at radius 3 is 2.95 bits per heavy atom. The Balaban J connectivity index is 2.27. The van der Waals surface area contributed by atoms with E-state index in [9.17, 15) is 9.18 Å². The highest BCUT2D eigenvalue weighted by molar-refractivity contribution is 9.10. The van der Waals surface area contributed by atoms with Crippen molar-refractivity contribution >= 4 is 33.7 Å². The molecule has 1 unspecified atom stereocenters. The number of hydrogen-bond donors (Lipinski definition) is 1. The number of nitrogens with two attached hydrogens (primary N) is 1. The zero-order chi connectivity index (χ0) is 14.3. The van der Waals surface area contributed by atoms with Crippen LogP contribution in [0.2, 0.25) is 0 Å². The number of thioether (sulfide) groups is 1. The molecule has 0 spiro atoms. The molecule has 0 aromatic heterocycles. The highest BCUT2D eigenvalue weighted by Gasteiger charge is 2.13. The van der Waals surface area contributed by atoms with E-state index >= 15 is 0 Å². The third-order valence-corrected chi connectivity index (χ3v) is 4.08. The molecule has 1 aromatic rings. The minimum atomic E-state index is -0.563. The van der Waals surface area contributed by atoms with Crippen LogP contribution in [-0.2, 0) is 15.3 Å². The zero-order valence-corrected chi connectivity index (χ0v) is 13.1. The van der Waals surface area contributed by atoms with Crippen molar-refractivity contribution in [1.82, 2.24) is 0 Å². The lowest BCUT2D eigenvalue weighted by Gasteiger charge is -2.10. The molecule has 2 N–H and O–H groups in total. The summed E-state index contributed by atoms with van der Waals surface area (Å²) in [5.41, 5.74) is 6.71. The molecular formula is C13H17BrFNO2S. The summed E-state index contributed by atoms with van der Waals surface area (Å²) >= 11 is 4.80. The maximum absolute atomic E-state index is 13.0. The Morgan fingerprint density at radius 1 is 1.58 bits per heavy atom. The third kappa shape index (κ3) is 5.93. The largest absolute Gasteiger partial charge is 0.465 e. The first-order chi connectivity index (χ1) is 9.04. The summed E-state index contributed by atoms with van der Waals surface area (Å²) in [5, 5.41) is 0. The molecule has 1 atom stereocenters. The summed E-state index contributed by atoms with van der Waals surface area (Å²) in [6.07, 6.45) is 0.575. The molecule has 0 saturated carbocycles. The zero-order valence-electron chi connectivity index (χ0n) is 10.7. The van der Waals surface area contributed by atoms with Crippen molar-refractivity contribution in [1.29, 1.82) is 0 Å². The van der Waals surface area contributed by atoms with E-state index in [2.05, 4.69) is 15.9 Å². The number of carbonyl (C=O) groups excluding carboxylic acids is 1. The second kappa shape index (κ2) is 8.55. The van der Waals surface area contributed by atoms with Gasteiger partial charge in [-0.2, -0.15) is 11.8 Å². The molecule has 0 bridgehead atoms. The number of esters is 1. The van der Waals surface area contributed by atoms with E-state index in [1.165, 1.54) is 6.07 Å². The maximum atomic E-state index is 13.0. The topological polar surface area (TPSA) is 52.3 Å². The molecule has 19 heavy (non-hydrogen) atoms. The Kier molecular flexibility index (Phi) is 7.41. The van der Waals surface area contributed by atoms with Crippen LogP contribution in [0.3, 0.4) is 0 Å². The Morgan fingerprint density at radius 2 is 2.32 bits per heavy atom. The van der Waals surface area contributed by atoms with Gasteiger partial charge in [0.05, 0.1) is 11.1 Å². The van der Waals surface area contributed by atoms with Crippen LogP contribution in [0.4, 0.5) is 4.39 Å². The van der Waals surface area contributed by atoms with Gasteiger partial charge < -0.3 is 10.5 Å². The van der Waals surface area contributed by atoms with E-state index in [0.29, 0.717) is 17.5 Å². The van der Waals surface area contributed by atoms with Crippen molar-refractivity contribution in [2.24, 2.45) is 5.73 Å². The summed E-state index contributed by atoms with van der Waals surface area (Å²) in [6, 6.07) is 4.38. The van der Waals surface area contributed by atoms with Gasteiger partial charge in [-0.3, -0.25) is 4.79 Å². The lowest BCUT2D eigenvalue weighted by atomic mass is 10.2. The van der Waals surface area contributed by atoms with Gasteiger partial charge in [0, 0.05) is 5.75 Å². The second-order valence-corrected chi connectivity index (χ2v) is 5.91. The second-order valence-electron chi connectivity index (χ2n) is 3.95. The van der Waals surface area contributed by atoms with Gasteiger partial charge in [0.15, 0.2) is 0 Å². The average Bonchev–Trinajstić information content (AvgIpc) is 2.38. The molecule has 0 aliphatic carbocycles. The molecular weight excluding hydrogens is 333 g/mol. The normalized spacial score (nSPS) is 12.2. The van der Waals surface area contributed by atoms with E-state index in [0.717, 1.165) is 17.1 Å². The number of hydrogen-bond acceptors (Lipinski definition) is 4. The van der Waals surface area contributed by atoms with E-state index in [4.69, 9.17) is 10.5 Å². The van der Waals surface area contributed by atoms with Gasteiger partial charge in [0.1, 0.15) is 11.9 Å². The van der Waals surface area contributed by atoms with Crippen molar-refractivity contribution in [3.63, 3.8) is 0 Å². The molecule has 106 valence electrons. The van der Waals surface area contributed by atoms with Gasteiger partial charge >= 0.3 is 5.97 Å². The monoisotopic (exact) mass is 349 g/mol. The summed E-state index contributed by atoms with van der Waals surface area (Å²) in [6.45, 7) is 2.11. The summed E-state index contributed by atoms with van der Waals surface area (Å²) in [5.74, 6) is 0.898. The van der Waals surface area contributed by atoms with Crippen molar-refractivity contribution in [2.45, 2.75) is 25.1 Å². The number of ether oxygens (including phenoxy) is 1. The Bertz CT molecular complexity index is 431. The lowest BCUT2D eigenvalue weighted by Crippen LogP contribution is -2.32. The van der Waals surface area contributed by atoms with Crippen LogP contribution in [0.5, 0.6) is 0 Å². The molecule has 0 aliphatic heterocycles. The summed E-state index contributed by atoms with van der Waals surface area (Å²) in [7, 11) is 0. The number of carbonyl (C=O) groups is 1. The lowest BCUT2D eigenvalue weighted by molar-refractivity contribution is -0.144. The van der Waals surface area contributed by atoms with Crippen molar-refractivity contribution in [3.05, 3.63) is 34.1 Å². The van der Waals surface area contributed by atoms with Gasteiger partial charge in [-0.15, -0.1) is 0 Å². The first-order valence-electron chi connectivity index (χ1n) is 5.98. The fourth-order valence-electron chi connectivity index (χ4n) is 1.40. The quantitative estimate of drug-likeness (QED) is 0.607. The predicted octanol–water partition coefficient (Wildman–Crippen LogP) is 3.10. The standard InChI is InChI=1S/C13H17BrFNO2S/c1-2-18-13(17)12(16)5-6-19-8-9-3-4-11(15)10(14)7-9/h3-4,7,12H,2,5-6,8,16H2,1H3. The number of benzene rings is 1. The van der Waals surface area contributed by atoms with Gasteiger partial charge in [-0.05, 0) is 52.7 Å². The molecule has 0 heterocycles. The van der Waals surface area contributed by atoms with Crippen molar-refractivity contribution in [3.8, 4) is 0 Å². The highest BCUT2D eigenvalue weighted by Crippen LogP contribution is 2.20. The van der Waals surface area contributed by atoms with Crippen LogP contribution in [0, 0.1) is 5.82 Å². The van der Waals surface area contributed by atoms with E-state index in [1.54, 1.807) is 30.8 Å². The molecule has 1 rings (SSSR count). The van der Waals surface area contributed by atoms with Crippen LogP contribution in [0.25, 0.3) is 0 Å². The highest BCUT2D eigenvalue weighted by atomic mass is 79.9. The molecule has 0 aliphatic rings. The summed E-state index contributed by atoms with van der Waals surface area (Å²) < 4.78 is 18.3.